The number of hydrogen-bond acceptors (Lipinski definition) is 9. The van der Waals surface area contributed by atoms with Gasteiger partial charge >= 0.3 is 0 Å². The number of aliphatic hydroxyl groups excluding tert-OH is 5. The van der Waals surface area contributed by atoms with Crippen LogP contribution in [0.3, 0.4) is 0 Å². The first-order valence-corrected chi connectivity index (χ1v) is 52.0. The van der Waals surface area contributed by atoms with Crippen LogP contribution in [0.15, 0.2) is 345 Å². The van der Waals surface area contributed by atoms with Gasteiger partial charge in [-0.1, -0.05) is 183 Å². The number of carbonyl (C=O) groups excluding carboxylic acids is 1. The minimum atomic E-state index is -3.42. The zero-order valence-corrected chi connectivity index (χ0v) is 77.8. The molecule has 0 fully saturated rings. The third-order valence-electron chi connectivity index (χ3n) is 23.6. The summed E-state index contributed by atoms with van der Waals surface area (Å²) in [6.07, 6.45) is 12.1. The molecule has 0 aliphatic rings. The van der Waals surface area contributed by atoms with Crippen molar-refractivity contribution in [2.75, 3.05) is 45.4 Å². The maximum absolute atomic E-state index is 12.1. The monoisotopic (exact) mass is 1800 g/mol. The first-order valence-electron chi connectivity index (χ1n) is 44.3. The highest BCUT2D eigenvalue weighted by Crippen LogP contribution is 2.54. The molecule has 20 aromatic rings. The third-order valence-corrected chi connectivity index (χ3v) is 37.0. The van der Waals surface area contributed by atoms with E-state index in [1.54, 1.807) is 12.1 Å². The summed E-state index contributed by atoms with van der Waals surface area (Å²) in [5, 5.41) is 58.2. The number of carbonyl (C=O) groups is 1. The number of benzene rings is 15. The molecular weight excluding hydrogens is 1690 g/mol. The van der Waals surface area contributed by atoms with E-state index in [1.807, 2.05) is 60.7 Å². The van der Waals surface area contributed by atoms with Crippen molar-refractivity contribution in [3.8, 4) is 30.2 Å². The predicted octanol–water partition coefficient (Wildman–Crippen LogP) is 29.8. The van der Waals surface area contributed by atoms with Crippen LogP contribution in [0.25, 0.3) is 125 Å². The molecule has 128 heavy (non-hydrogen) atoms. The molecule has 0 spiro atoms. The minimum Gasteiger partial charge on any atom is -0.491 e. The maximum Gasteiger partial charge on any atom is 0.187 e. The maximum atomic E-state index is 12.1. The molecule has 20 rings (SSSR count). The van der Waals surface area contributed by atoms with E-state index in [4.69, 9.17) is 30.3 Å². The van der Waals surface area contributed by atoms with Crippen LogP contribution in [-0.4, -0.2) is 85.1 Å². The summed E-state index contributed by atoms with van der Waals surface area (Å²) in [6.45, 7) is 8.95. The van der Waals surface area contributed by atoms with Crippen molar-refractivity contribution in [1.82, 2.24) is 0 Å². The molecule has 0 radical (unpaired) electrons. The highest BCUT2D eigenvalue weighted by atomic mass is 32.2. The van der Waals surface area contributed by atoms with Gasteiger partial charge in [-0.25, -0.2) is 8.42 Å². The van der Waals surface area contributed by atoms with Crippen LogP contribution in [0.4, 0.5) is 0 Å². The topological polar surface area (TPSA) is 162 Å². The molecule has 646 valence electrons. The average molecular weight is 1800 g/mol. The number of sulfone groups is 1. The van der Waals surface area contributed by atoms with Crippen molar-refractivity contribution in [3.63, 3.8) is 0 Å². The fourth-order valence-corrected chi connectivity index (χ4v) is 30.6. The molecule has 15 heteroatoms. The number of aryl methyl sites for hydroxylation is 5. The van der Waals surface area contributed by atoms with Gasteiger partial charge in [0, 0.05) is 144 Å². The first kappa shape index (κ1) is 90.0. The normalized spacial score (nSPS) is 11.5. The molecule has 0 bridgehead atoms. The summed E-state index contributed by atoms with van der Waals surface area (Å²) in [7, 11) is -3.86. The summed E-state index contributed by atoms with van der Waals surface area (Å²) in [5.41, 5.74) is 8.16. The smallest absolute Gasteiger partial charge is 0.187 e. The van der Waals surface area contributed by atoms with Crippen LogP contribution < -0.4 is 4.74 Å². The van der Waals surface area contributed by atoms with Crippen molar-refractivity contribution in [2.45, 2.75) is 103 Å². The summed E-state index contributed by atoms with van der Waals surface area (Å²) in [6, 6.07) is 120. The third kappa shape index (κ3) is 19.8. The number of fused-ring (bicyclic) bond motifs is 15. The highest BCUT2D eigenvalue weighted by molar-refractivity contribution is 7.91. The van der Waals surface area contributed by atoms with E-state index < -0.39 is 9.84 Å². The van der Waals surface area contributed by atoms with E-state index in [0.717, 1.165) is 34.6 Å². The van der Waals surface area contributed by atoms with Crippen LogP contribution in [0.2, 0.25) is 0 Å². The quantitative estimate of drug-likeness (QED) is 0.0202. The van der Waals surface area contributed by atoms with Gasteiger partial charge in [-0.05, 0) is 270 Å². The second kappa shape index (κ2) is 42.2. The van der Waals surface area contributed by atoms with Crippen LogP contribution in [0, 0.1) is 27.7 Å². The molecular formula is C113H109O9S6+5. The Morgan fingerprint density at radius 3 is 0.914 bits per heavy atom. The molecule has 5 heterocycles. The zero-order chi connectivity index (χ0) is 88.6. The van der Waals surface area contributed by atoms with Gasteiger partial charge in [0.05, 0.1) is 30.5 Å². The summed E-state index contributed by atoms with van der Waals surface area (Å²) in [5.74, 6) is 0.632. The van der Waals surface area contributed by atoms with Gasteiger partial charge in [0.15, 0.2) is 87.1 Å². The van der Waals surface area contributed by atoms with Crippen LogP contribution >= 0.6 is 52.3 Å². The molecule has 0 saturated carbocycles. The highest BCUT2D eigenvalue weighted by Gasteiger charge is 2.30. The lowest BCUT2D eigenvalue weighted by atomic mass is 10.0. The van der Waals surface area contributed by atoms with E-state index in [1.165, 1.54) is 194 Å². The summed E-state index contributed by atoms with van der Waals surface area (Å²) in [4.78, 5) is 18.6. The Balaban J connectivity index is 0.000000118. The number of Topliss-reactive ketones (excluding diaryl/α,β-unsaturated/α-hetero) is 1. The molecule has 0 atom stereocenters. The van der Waals surface area contributed by atoms with Gasteiger partial charge < -0.3 is 30.3 Å². The number of hydrogen-bond donors (Lipinski definition) is 5. The number of ketones is 1. The number of thiophene rings is 5. The fraction of sp³-hybridized carbons (Fsp3) is 0.195. The zero-order valence-electron chi connectivity index (χ0n) is 72.9. The van der Waals surface area contributed by atoms with Gasteiger partial charge in [-0.2, -0.15) is 0 Å². The minimum absolute atomic E-state index is 0.0143. The van der Waals surface area contributed by atoms with Crippen molar-refractivity contribution in [3.05, 3.63) is 379 Å². The summed E-state index contributed by atoms with van der Waals surface area (Å²) < 4.78 is 43.8. The standard InChI is InChI=1S/C28H33OS.C24H25O2S.C21H17O2S.C20H17O3S2.C20H17OS/c29-22-12-6-4-2-1-3-5-7-13-23-18-20-24(21-19-23)30-27-16-10-8-14-25(27)26-15-9-11-17-28(26)30;1-15-5-7-22-20(11-15)21-12-16(2)6-8-23(21)27(22)19-13-17(3)24(18(4)14-19)26-10-9-25;22-14-13-19(23)15-9-11-16(12-10-15)24-20-7-3-1-5-17(20)18-6-2-4-8-21(18)24;21-13-14-25(22,23)16-11-9-15(10-12-16)24-19-7-3-1-5-17(19)18-6-2-4-8-20(18)24;21-14-13-15-9-11-16(12-10-15)22-19-7-3-1-5-17(19)18-6-2-4-8-20(18)22/h8-11,14-21,29H,1-7,12-13,22H2;5-8,11-14,25H,9-10H2,1-4H3;1-12,22H,13-14H2;1-12,21H,13-14H2;1-12,21H,13-14H2/q5*+1. The Kier molecular flexibility index (Phi) is 29.7. The Morgan fingerprint density at radius 1 is 0.281 bits per heavy atom. The molecule has 0 unspecified atom stereocenters. The molecule has 5 N–H and O–H groups in total. The molecule has 0 amide bonds. The molecule has 9 nitrogen and oxygen atoms in total. The Morgan fingerprint density at radius 2 is 0.586 bits per heavy atom. The summed E-state index contributed by atoms with van der Waals surface area (Å²) >= 11 is 0. The van der Waals surface area contributed by atoms with Gasteiger partial charge in [0.1, 0.15) is 12.4 Å². The average Bonchev–Trinajstić information content (AvgIpc) is 1.64. The number of unbranched alkanes of at least 4 members (excludes halogenated alkanes) is 7. The van der Waals surface area contributed by atoms with Crippen molar-refractivity contribution < 1.29 is 43.5 Å². The molecule has 5 aromatic heterocycles. The second-order valence-electron chi connectivity index (χ2n) is 32.5. The molecule has 0 aliphatic carbocycles. The molecule has 15 aromatic carbocycles. The van der Waals surface area contributed by atoms with E-state index in [9.17, 15) is 13.2 Å². The lowest BCUT2D eigenvalue weighted by molar-refractivity contribution is 0.0956. The largest absolute Gasteiger partial charge is 0.491 e. The van der Waals surface area contributed by atoms with E-state index in [-0.39, 0.29) is 102 Å². The molecule has 0 saturated heterocycles. The fourth-order valence-electron chi connectivity index (χ4n) is 17.5. The van der Waals surface area contributed by atoms with Crippen LogP contribution in [0.5, 0.6) is 5.75 Å². The van der Waals surface area contributed by atoms with Gasteiger partial charge in [0.25, 0.3) is 0 Å². The second-order valence-corrected chi connectivity index (χ2v) is 44.4. The Hall–Kier alpha value is -11.4. The number of aliphatic hydroxyl groups is 5. The van der Waals surface area contributed by atoms with Crippen LogP contribution in [0.1, 0.15) is 102 Å². The lowest BCUT2D eigenvalue weighted by Gasteiger charge is -2.11. The van der Waals surface area contributed by atoms with E-state index in [0.29, 0.717) is 18.8 Å². The van der Waals surface area contributed by atoms with E-state index in [2.05, 4.69) is 295 Å². The van der Waals surface area contributed by atoms with E-state index >= 15 is 0 Å². The predicted molar refractivity (Wildman–Crippen MR) is 552 cm³/mol. The first-order chi connectivity index (χ1) is 62.7. The van der Waals surface area contributed by atoms with Crippen LogP contribution in [-0.2, 0) is 22.7 Å². The van der Waals surface area contributed by atoms with Gasteiger partial charge in [-0.3, -0.25) is 4.79 Å². The lowest BCUT2D eigenvalue weighted by Crippen LogP contribution is -2.09. The number of rotatable bonds is 26. The van der Waals surface area contributed by atoms with Gasteiger partial charge in [-0.15, -0.1) is 0 Å². The van der Waals surface area contributed by atoms with Crippen molar-refractivity contribution in [2.24, 2.45) is 0 Å². The van der Waals surface area contributed by atoms with Crippen molar-refractivity contribution in [1.29, 1.82) is 0 Å². The van der Waals surface area contributed by atoms with Gasteiger partial charge in [0.2, 0.25) is 0 Å². The number of ether oxygens (including phenoxy) is 1. The van der Waals surface area contributed by atoms with Crippen molar-refractivity contribution >= 4 is 169 Å². The SMILES string of the molecule is Cc1ccc2c(c1)c1cc(C)ccc1[s+]2-c1cc(C)c(OCCO)c(C)c1.O=C(CCO)c1ccc(-[s+]2c3ccccc3c3ccccc32)cc1.O=S(=O)(CCO)c1ccc(-[s+]2c3ccccc3c3ccccc32)cc1.OCCCCCCCCCCc1ccc(-[s+]2c3ccccc3c3ccccc32)cc1.OCCc1ccc(-[s+]2c3ccccc3c3ccccc32)cc1. The Labute approximate surface area is 763 Å². The molecule has 0 aliphatic heterocycles. The Bertz CT molecular complexity index is 7080.